The molecule has 0 saturated carbocycles. The van der Waals surface area contributed by atoms with Crippen LogP contribution in [0.2, 0.25) is 0 Å². The molecular formula is C58H40N2. The second kappa shape index (κ2) is 14.0. The molecule has 12 rings (SSSR count). The van der Waals surface area contributed by atoms with Crippen LogP contribution in [0, 0.1) is 0 Å². The summed E-state index contributed by atoms with van der Waals surface area (Å²) in [4.78, 5) is 2.40. The van der Waals surface area contributed by atoms with Gasteiger partial charge in [0.15, 0.2) is 0 Å². The van der Waals surface area contributed by atoms with E-state index in [2.05, 4.69) is 228 Å². The molecule has 0 radical (unpaired) electrons. The van der Waals surface area contributed by atoms with Gasteiger partial charge in [-0.15, -0.1) is 0 Å². The van der Waals surface area contributed by atoms with E-state index < -0.39 is 0 Å². The predicted molar refractivity (Wildman–Crippen MR) is 253 cm³/mol. The van der Waals surface area contributed by atoms with Gasteiger partial charge >= 0.3 is 0 Å². The number of anilines is 3. The quantitative estimate of drug-likeness (QED) is 0.164. The zero-order valence-electron chi connectivity index (χ0n) is 33.1. The van der Waals surface area contributed by atoms with Crippen molar-refractivity contribution < 1.29 is 0 Å². The fraction of sp³-hybridized carbons (Fsp3) is 0.0345. The highest BCUT2D eigenvalue weighted by Crippen LogP contribution is 2.43. The van der Waals surface area contributed by atoms with E-state index in [1.807, 2.05) is 0 Å². The van der Waals surface area contributed by atoms with Crippen molar-refractivity contribution >= 4 is 60.4 Å². The number of benzene rings is 10. The lowest BCUT2D eigenvalue weighted by Gasteiger charge is -2.26. The first kappa shape index (κ1) is 34.4. The van der Waals surface area contributed by atoms with Crippen molar-refractivity contribution in [3.05, 3.63) is 241 Å². The lowest BCUT2D eigenvalue weighted by molar-refractivity contribution is 1.16. The molecule has 0 unspecified atom stereocenters. The van der Waals surface area contributed by atoms with Gasteiger partial charge in [-0.1, -0.05) is 158 Å². The molecule has 282 valence electrons. The van der Waals surface area contributed by atoms with E-state index in [9.17, 15) is 0 Å². The molecule has 60 heavy (non-hydrogen) atoms. The van der Waals surface area contributed by atoms with E-state index in [-0.39, 0.29) is 0 Å². The van der Waals surface area contributed by atoms with Crippen LogP contribution < -0.4 is 4.90 Å². The van der Waals surface area contributed by atoms with Gasteiger partial charge in [-0.05, 0) is 140 Å². The Morgan fingerprint density at radius 3 is 1.58 bits per heavy atom. The highest BCUT2D eigenvalue weighted by molar-refractivity contribution is 6.11. The third kappa shape index (κ3) is 5.64. The molecule has 2 heteroatoms. The van der Waals surface area contributed by atoms with Gasteiger partial charge in [0.1, 0.15) is 0 Å². The summed E-state index contributed by atoms with van der Waals surface area (Å²) in [5.41, 5.74) is 17.4. The van der Waals surface area contributed by atoms with Crippen LogP contribution in [0.4, 0.5) is 17.1 Å². The summed E-state index contributed by atoms with van der Waals surface area (Å²) in [6.07, 6.45) is 1.85. The van der Waals surface area contributed by atoms with Crippen LogP contribution in [0.15, 0.2) is 218 Å². The molecule has 0 bridgehead atoms. The second-order valence-corrected chi connectivity index (χ2v) is 16.1. The predicted octanol–water partition coefficient (Wildman–Crippen LogP) is 15.4. The Kier molecular flexibility index (Phi) is 8.02. The average Bonchev–Trinajstić information content (AvgIpc) is 3.64. The van der Waals surface area contributed by atoms with Gasteiger partial charge in [0.05, 0.1) is 11.0 Å². The van der Waals surface area contributed by atoms with Crippen LogP contribution >= 0.6 is 0 Å². The van der Waals surface area contributed by atoms with Crippen molar-refractivity contribution in [2.24, 2.45) is 0 Å². The molecular weight excluding hydrogens is 725 g/mol. The van der Waals surface area contributed by atoms with E-state index in [0.29, 0.717) is 0 Å². The SMILES string of the molecule is c1ccc(-c2ccc(N(c3ccc(-c4ccc5c6c(cccc46)Cc4cccc6cccc(c46)C5)cc3)c3ccc4c(c3)c3ccccc3n4-c3ccccc3)cc2)cc1. The first-order valence-corrected chi connectivity index (χ1v) is 20.9. The van der Waals surface area contributed by atoms with Gasteiger partial charge in [-0.3, -0.25) is 0 Å². The molecule has 0 atom stereocenters. The summed E-state index contributed by atoms with van der Waals surface area (Å²) in [6, 6.07) is 80.4. The standard InChI is InChI=1S/C58H40N2/c1-3-12-39(13-4-1)40-24-29-48(30-25-40)59(50-33-35-56-54(38-50)52-21-7-8-23-55(52)60(56)47-19-5-2-6-20-47)49-31-26-41(27-32-49)51-34-28-46-37-44-17-10-15-42-14-9-16-43(57(42)44)36-45-18-11-22-53(51)58(45)46/h1-35,38H,36-37H2. The summed E-state index contributed by atoms with van der Waals surface area (Å²) in [5.74, 6) is 0. The highest BCUT2D eigenvalue weighted by atomic mass is 15.1. The molecule has 1 heterocycles. The maximum atomic E-state index is 2.40. The molecule has 0 N–H and O–H groups in total. The molecule has 0 fully saturated rings. The summed E-state index contributed by atoms with van der Waals surface area (Å²) in [7, 11) is 0. The molecule has 1 aliphatic rings. The summed E-state index contributed by atoms with van der Waals surface area (Å²) in [5, 5.41) is 7.93. The molecule has 0 spiro atoms. The number of para-hydroxylation sites is 2. The Morgan fingerprint density at radius 2 is 0.867 bits per heavy atom. The number of aromatic nitrogens is 1. The number of hydrogen-bond acceptors (Lipinski definition) is 1. The van der Waals surface area contributed by atoms with Crippen LogP contribution in [-0.2, 0) is 12.8 Å². The van der Waals surface area contributed by atoms with Gasteiger partial charge in [0, 0.05) is 33.5 Å². The van der Waals surface area contributed by atoms with Crippen molar-refractivity contribution in [2.75, 3.05) is 4.90 Å². The molecule has 10 aromatic carbocycles. The van der Waals surface area contributed by atoms with Crippen LogP contribution in [0.25, 0.3) is 71.3 Å². The normalized spacial score (nSPS) is 12.2. The van der Waals surface area contributed by atoms with E-state index in [1.54, 1.807) is 0 Å². The van der Waals surface area contributed by atoms with Crippen LogP contribution in [0.5, 0.6) is 0 Å². The minimum atomic E-state index is 0.924. The van der Waals surface area contributed by atoms with Gasteiger partial charge in [-0.2, -0.15) is 0 Å². The minimum absolute atomic E-state index is 0.924. The zero-order valence-corrected chi connectivity index (χ0v) is 33.1. The summed E-state index contributed by atoms with van der Waals surface area (Å²) < 4.78 is 2.38. The Hall–Kier alpha value is -7.68. The molecule has 0 amide bonds. The van der Waals surface area contributed by atoms with E-state index in [0.717, 1.165) is 35.6 Å². The molecule has 0 aliphatic heterocycles. The smallest absolute Gasteiger partial charge is 0.0542 e. The Morgan fingerprint density at radius 1 is 0.333 bits per heavy atom. The summed E-state index contributed by atoms with van der Waals surface area (Å²) in [6.45, 7) is 0. The number of nitrogens with zero attached hydrogens (tertiary/aromatic N) is 2. The monoisotopic (exact) mass is 764 g/mol. The molecule has 2 nitrogen and oxygen atoms in total. The van der Waals surface area contributed by atoms with Crippen molar-refractivity contribution in [1.29, 1.82) is 0 Å². The van der Waals surface area contributed by atoms with Crippen molar-refractivity contribution in [1.82, 2.24) is 4.57 Å². The number of rotatable bonds is 6. The molecule has 11 aromatic rings. The van der Waals surface area contributed by atoms with Gasteiger partial charge in [0.25, 0.3) is 0 Å². The molecule has 0 saturated heterocycles. The number of fused-ring (bicyclic) bond motifs is 3. The maximum absolute atomic E-state index is 2.40. The van der Waals surface area contributed by atoms with E-state index >= 15 is 0 Å². The van der Waals surface area contributed by atoms with Gasteiger partial charge in [0.2, 0.25) is 0 Å². The van der Waals surface area contributed by atoms with Gasteiger partial charge < -0.3 is 9.47 Å². The van der Waals surface area contributed by atoms with Crippen LogP contribution in [-0.4, -0.2) is 4.57 Å². The highest BCUT2D eigenvalue weighted by Gasteiger charge is 2.20. The average molecular weight is 765 g/mol. The van der Waals surface area contributed by atoms with Crippen LogP contribution in [0.3, 0.4) is 0 Å². The molecule has 1 aromatic heterocycles. The largest absolute Gasteiger partial charge is 0.310 e. The lowest BCUT2D eigenvalue weighted by atomic mass is 9.83. The minimum Gasteiger partial charge on any atom is -0.310 e. The van der Waals surface area contributed by atoms with Crippen molar-refractivity contribution in [3.63, 3.8) is 0 Å². The fourth-order valence-electron chi connectivity index (χ4n) is 9.94. The van der Waals surface area contributed by atoms with Crippen LogP contribution in [0.1, 0.15) is 22.3 Å². The van der Waals surface area contributed by atoms with E-state index in [4.69, 9.17) is 0 Å². The third-order valence-corrected chi connectivity index (χ3v) is 12.7. The third-order valence-electron chi connectivity index (χ3n) is 12.7. The van der Waals surface area contributed by atoms with Crippen molar-refractivity contribution in [3.8, 4) is 27.9 Å². The van der Waals surface area contributed by atoms with Gasteiger partial charge in [-0.25, -0.2) is 0 Å². The van der Waals surface area contributed by atoms with Crippen molar-refractivity contribution in [2.45, 2.75) is 12.8 Å². The second-order valence-electron chi connectivity index (χ2n) is 16.1. The Labute approximate surface area is 349 Å². The Balaban J connectivity index is 0.983. The topological polar surface area (TPSA) is 8.17 Å². The van der Waals surface area contributed by atoms with E-state index in [1.165, 1.54) is 87.9 Å². The Bertz CT molecular complexity index is 3350. The maximum Gasteiger partial charge on any atom is 0.0542 e. The zero-order chi connectivity index (χ0) is 39.6. The summed E-state index contributed by atoms with van der Waals surface area (Å²) >= 11 is 0. The fourth-order valence-corrected chi connectivity index (χ4v) is 9.94. The first-order chi connectivity index (χ1) is 29.7. The molecule has 1 aliphatic carbocycles. The number of hydrogen-bond donors (Lipinski definition) is 0. The lowest BCUT2D eigenvalue weighted by Crippen LogP contribution is -2.10. The first-order valence-electron chi connectivity index (χ1n) is 20.9.